The quantitative estimate of drug-likeness (QED) is 0.550. The van der Waals surface area contributed by atoms with Crippen molar-refractivity contribution >= 4 is 15.9 Å². The fourth-order valence-electron chi connectivity index (χ4n) is 3.72. The predicted octanol–water partition coefficient (Wildman–Crippen LogP) is 4.45. The van der Waals surface area contributed by atoms with Crippen molar-refractivity contribution in [2.45, 2.75) is 58.3 Å². The maximum atomic E-state index is 3.82. The molecule has 1 heterocycles. The fourth-order valence-corrected chi connectivity index (χ4v) is 4.46. The highest BCUT2D eigenvalue weighted by atomic mass is 79.9. The van der Waals surface area contributed by atoms with Gasteiger partial charge in [-0.1, -0.05) is 48.5 Å². The minimum absolute atomic E-state index is 0.591. The molecule has 0 radical (unpaired) electrons. The van der Waals surface area contributed by atoms with Crippen LogP contribution in [0, 0.1) is 11.3 Å². The Balaban J connectivity index is 1.92. The molecule has 1 saturated heterocycles. The average Bonchev–Trinajstić information content (AvgIpc) is 2.55. The summed E-state index contributed by atoms with van der Waals surface area (Å²) in [5.74, 6) is 0.918. The number of likely N-dealkylation sites (tertiary alicyclic amines) is 1. The Kier molecular flexibility index (Phi) is 5.35. The van der Waals surface area contributed by atoms with E-state index in [-0.39, 0.29) is 0 Å². The van der Waals surface area contributed by atoms with Gasteiger partial charge in [-0.25, -0.2) is 0 Å². The highest BCUT2D eigenvalue weighted by molar-refractivity contribution is 9.09. The molecule has 0 amide bonds. The van der Waals surface area contributed by atoms with Crippen LogP contribution in [-0.2, 0) is 0 Å². The monoisotopic (exact) mass is 301 g/mol. The highest BCUT2D eigenvalue weighted by Crippen LogP contribution is 2.38. The molecular formula is C15H28BrN. The van der Waals surface area contributed by atoms with E-state index in [4.69, 9.17) is 0 Å². The number of piperidine rings is 1. The topological polar surface area (TPSA) is 3.24 Å². The molecule has 2 aliphatic rings. The van der Waals surface area contributed by atoms with Gasteiger partial charge in [0, 0.05) is 18.4 Å². The third-order valence-corrected chi connectivity index (χ3v) is 5.94. The second-order valence-corrected chi connectivity index (χ2v) is 7.09. The molecule has 0 N–H and O–H groups in total. The minimum Gasteiger partial charge on any atom is -0.302 e. The van der Waals surface area contributed by atoms with Gasteiger partial charge in [0.1, 0.15) is 0 Å². The summed E-state index contributed by atoms with van der Waals surface area (Å²) in [6, 6.07) is 0. The van der Waals surface area contributed by atoms with Crippen molar-refractivity contribution in [3.63, 3.8) is 0 Å². The first-order chi connectivity index (χ1) is 8.24. The normalized spacial score (nSPS) is 31.1. The van der Waals surface area contributed by atoms with Crippen molar-refractivity contribution in [3.8, 4) is 0 Å². The van der Waals surface area contributed by atoms with Crippen molar-refractivity contribution in [1.82, 2.24) is 4.90 Å². The number of nitrogens with zero attached hydrogens (tertiary/aromatic N) is 1. The predicted molar refractivity (Wildman–Crippen MR) is 78.8 cm³/mol. The first kappa shape index (κ1) is 13.9. The summed E-state index contributed by atoms with van der Waals surface area (Å²) >= 11 is 3.82. The molecule has 1 nitrogen and oxygen atoms in total. The Labute approximate surface area is 115 Å². The number of halogens is 1. The number of hydrogen-bond donors (Lipinski definition) is 0. The molecule has 0 aromatic heterocycles. The highest BCUT2D eigenvalue weighted by Gasteiger charge is 2.32. The largest absolute Gasteiger partial charge is 0.302 e. The lowest BCUT2D eigenvalue weighted by Gasteiger charge is -2.40. The molecule has 0 spiro atoms. The van der Waals surface area contributed by atoms with Crippen LogP contribution in [0.3, 0.4) is 0 Å². The first-order valence-electron chi connectivity index (χ1n) is 7.52. The fraction of sp³-hybridized carbons (Fsp3) is 1.00. The molecule has 1 aliphatic carbocycles. The van der Waals surface area contributed by atoms with E-state index in [1.807, 2.05) is 0 Å². The molecule has 2 heteroatoms. The van der Waals surface area contributed by atoms with E-state index < -0.39 is 0 Å². The van der Waals surface area contributed by atoms with Crippen LogP contribution in [0.4, 0.5) is 0 Å². The Bertz CT molecular complexity index is 221. The molecule has 0 bridgehead atoms. The van der Waals surface area contributed by atoms with Crippen LogP contribution in [0.2, 0.25) is 0 Å². The van der Waals surface area contributed by atoms with Gasteiger partial charge in [0.15, 0.2) is 0 Å². The van der Waals surface area contributed by atoms with Crippen LogP contribution >= 0.6 is 15.9 Å². The van der Waals surface area contributed by atoms with Gasteiger partial charge in [-0.05, 0) is 43.6 Å². The molecule has 2 fully saturated rings. The number of rotatable bonds is 3. The number of hydrogen-bond acceptors (Lipinski definition) is 1. The van der Waals surface area contributed by atoms with E-state index in [1.54, 1.807) is 0 Å². The maximum absolute atomic E-state index is 3.82. The Morgan fingerprint density at radius 2 is 1.82 bits per heavy atom. The zero-order valence-electron chi connectivity index (χ0n) is 11.4. The third-order valence-electron chi connectivity index (χ3n) is 4.75. The molecule has 0 aromatic rings. The Morgan fingerprint density at radius 1 is 1.12 bits per heavy atom. The standard InChI is InChI=1S/C15H28BrN/c1-14-7-6-10-17(11-14)13-15(12-16)8-4-2-3-5-9-15/h14H,2-13H2,1H3. The van der Waals surface area contributed by atoms with Crippen LogP contribution < -0.4 is 0 Å². The number of alkyl halides is 1. The molecule has 1 unspecified atom stereocenters. The van der Waals surface area contributed by atoms with Crippen molar-refractivity contribution in [2.75, 3.05) is 25.0 Å². The zero-order chi connectivity index (χ0) is 12.1. The molecular weight excluding hydrogens is 274 g/mol. The molecule has 2 rings (SSSR count). The van der Waals surface area contributed by atoms with Crippen molar-refractivity contribution in [3.05, 3.63) is 0 Å². The Hall–Kier alpha value is 0.440. The van der Waals surface area contributed by atoms with Crippen LogP contribution in [0.1, 0.15) is 58.3 Å². The lowest BCUT2D eigenvalue weighted by atomic mass is 9.81. The SMILES string of the molecule is CC1CCCN(CC2(CBr)CCCCCC2)C1. The Morgan fingerprint density at radius 3 is 2.41 bits per heavy atom. The zero-order valence-corrected chi connectivity index (χ0v) is 13.0. The summed E-state index contributed by atoms with van der Waals surface area (Å²) in [6.45, 7) is 6.45. The molecule has 17 heavy (non-hydrogen) atoms. The average molecular weight is 302 g/mol. The smallest absolute Gasteiger partial charge is 0.0100 e. The van der Waals surface area contributed by atoms with E-state index >= 15 is 0 Å². The summed E-state index contributed by atoms with van der Waals surface area (Å²) in [6.07, 6.45) is 11.6. The van der Waals surface area contributed by atoms with Gasteiger partial charge < -0.3 is 4.90 Å². The van der Waals surface area contributed by atoms with Gasteiger partial charge in [-0.2, -0.15) is 0 Å². The van der Waals surface area contributed by atoms with Crippen molar-refractivity contribution in [1.29, 1.82) is 0 Å². The third kappa shape index (κ3) is 3.96. The molecule has 1 aliphatic heterocycles. The van der Waals surface area contributed by atoms with Gasteiger partial charge in [0.2, 0.25) is 0 Å². The van der Waals surface area contributed by atoms with Crippen molar-refractivity contribution < 1.29 is 0 Å². The summed E-state index contributed by atoms with van der Waals surface area (Å²) in [5, 5.41) is 1.21. The second-order valence-electron chi connectivity index (χ2n) is 6.53. The summed E-state index contributed by atoms with van der Waals surface area (Å²) in [4.78, 5) is 2.75. The van der Waals surface area contributed by atoms with E-state index in [0.717, 1.165) is 5.92 Å². The van der Waals surface area contributed by atoms with Crippen LogP contribution in [0.25, 0.3) is 0 Å². The lowest BCUT2D eigenvalue weighted by molar-refractivity contribution is 0.109. The lowest BCUT2D eigenvalue weighted by Crippen LogP contribution is -2.43. The molecule has 0 aromatic carbocycles. The van der Waals surface area contributed by atoms with E-state index in [1.165, 1.54) is 76.3 Å². The summed E-state index contributed by atoms with van der Waals surface area (Å²) < 4.78 is 0. The first-order valence-corrected chi connectivity index (χ1v) is 8.65. The summed E-state index contributed by atoms with van der Waals surface area (Å²) in [7, 11) is 0. The van der Waals surface area contributed by atoms with E-state index in [9.17, 15) is 0 Å². The van der Waals surface area contributed by atoms with E-state index in [0.29, 0.717) is 5.41 Å². The van der Waals surface area contributed by atoms with Crippen LogP contribution in [0.15, 0.2) is 0 Å². The van der Waals surface area contributed by atoms with Gasteiger partial charge in [-0.3, -0.25) is 0 Å². The van der Waals surface area contributed by atoms with Gasteiger partial charge >= 0.3 is 0 Å². The van der Waals surface area contributed by atoms with Gasteiger partial charge in [-0.15, -0.1) is 0 Å². The second kappa shape index (κ2) is 6.56. The van der Waals surface area contributed by atoms with Gasteiger partial charge in [0.25, 0.3) is 0 Å². The molecule has 100 valence electrons. The molecule has 1 saturated carbocycles. The van der Waals surface area contributed by atoms with Crippen LogP contribution in [-0.4, -0.2) is 29.9 Å². The maximum Gasteiger partial charge on any atom is 0.0100 e. The van der Waals surface area contributed by atoms with E-state index in [2.05, 4.69) is 27.8 Å². The van der Waals surface area contributed by atoms with Crippen molar-refractivity contribution in [2.24, 2.45) is 11.3 Å². The van der Waals surface area contributed by atoms with Gasteiger partial charge in [0.05, 0.1) is 0 Å². The minimum atomic E-state index is 0.591. The van der Waals surface area contributed by atoms with Crippen LogP contribution in [0.5, 0.6) is 0 Å². The molecule has 1 atom stereocenters. The summed E-state index contributed by atoms with van der Waals surface area (Å²) in [5.41, 5.74) is 0.591.